The quantitative estimate of drug-likeness (QED) is 0.251. The van der Waals surface area contributed by atoms with Gasteiger partial charge >= 0.3 is 0 Å². The van der Waals surface area contributed by atoms with E-state index in [4.69, 9.17) is 11.6 Å². The lowest BCUT2D eigenvalue weighted by Gasteiger charge is -2.20. The van der Waals surface area contributed by atoms with Crippen LogP contribution in [0.25, 0.3) is 22.5 Å². The maximum Gasteiger partial charge on any atom is 0.270 e. The molecule has 42 heavy (non-hydrogen) atoms. The smallest absolute Gasteiger partial charge is 0.270 e. The fourth-order valence-electron chi connectivity index (χ4n) is 4.58. The first kappa shape index (κ1) is 28.7. The van der Waals surface area contributed by atoms with Gasteiger partial charge in [-0.15, -0.1) is 0 Å². The van der Waals surface area contributed by atoms with Crippen LogP contribution < -0.4 is 10.6 Å². The van der Waals surface area contributed by atoms with Gasteiger partial charge in [0.1, 0.15) is 18.1 Å². The zero-order chi connectivity index (χ0) is 29.8. The molecule has 3 aromatic heterocycles. The Kier molecular flexibility index (Phi) is 8.44. The Morgan fingerprint density at radius 1 is 0.976 bits per heavy atom. The van der Waals surface area contributed by atoms with Crippen LogP contribution in [0.5, 0.6) is 0 Å². The van der Waals surface area contributed by atoms with E-state index in [9.17, 15) is 9.59 Å². The van der Waals surface area contributed by atoms with Crippen molar-refractivity contribution < 1.29 is 9.59 Å². The first-order valence-electron chi connectivity index (χ1n) is 13.5. The second-order valence-corrected chi connectivity index (χ2v) is 10.7. The van der Waals surface area contributed by atoms with Gasteiger partial charge in [0.25, 0.3) is 5.91 Å². The minimum absolute atomic E-state index is 0.150. The molecule has 1 unspecified atom stereocenters. The van der Waals surface area contributed by atoms with Gasteiger partial charge in [0, 0.05) is 48.7 Å². The molecule has 0 saturated heterocycles. The summed E-state index contributed by atoms with van der Waals surface area (Å²) in [6, 6.07) is 15.6. The van der Waals surface area contributed by atoms with Gasteiger partial charge in [0.05, 0.1) is 23.9 Å². The zero-order valence-corrected chi connectivity index (χ0v) is 24.5. The largest absolute Gasteiger partial charge is 0.339 e. The van der Waals surface area contributed by atoms with Crippen LogP contribution in [0.3, 0.4) is 0 Å². The number of amides is 2. The number of halogens is 1. The topological polar surface area (TPSA) is 120 Å². The van der Waals surface area contributed by atoms with Crippen LogP contribution in [-0.4, -0.2) is 47.2 Å². The number of anilines is 1. The first-order chi connectivity index (χ1) is 20.2. The Morgan fingerprint density at radius 3 is 2.40 bits per heavy atom. The number of aromatic nitrogens is 6. The van der Waals surface area contributed by atoms with Crippen molar-refractivity contribution in [1.82, 2.24) is 34.6 Å². The lowest BCUT2D eigenvalue weighted by Crippen LogP contribution is -2.45. The van der Waals surface area contributed by atoms with E-state index in [1.54, 1.807) is 38.0 Å². The first-order valence-corrected chi connectivity index (χ1v) is 13.8. The molecule has 0 aliphatic heterocycles. The highest BCUT2D eigenvalue weighted by molar-refractivity contribution is 6.31. The summed E-state index contributed by atoms with van der Waals surface area (Å²) in [5.74, 6) is -0.567. The maximum atomic E-state index is 13.6. The van der Waals surface area contributed by atoms with Crippen molar-refractivity contribution in [3.05, 3.63) is 102 Å². The van der Waals surface area contributed by atoms with Crippen molar-refractivity contribution in [3.8, 4) is 22.5 Å². The molecule has 1 atom stereocenters. The molecule has 0 spiro atoms. The van der Waals surface area contributed by atoms with Crippen LogP contribution in [0.15, 0.2) is 79.6 Å². The summed E-state index contributed by atoms with van der Waals surface area (Å²) in [4.78, 5) is 39.7. The number of hydrogen-bond acceptors (Lipinski definition) is 6. The number of nitrogens with zero attached hydrogens (tertiary/aromatic N) is 6. The van der Waals surface area contributed by atoms with E-state index in [0.717, 1.165) is 28.2 Å². The van der Waals surface area contributed by atoms with E-state index in [0.29, 0.717) is 22.0 Å². The number of imidazole rings is 1. The fourth-order valence-corrected chi connectivity index (χ4v) is 4.78. The van der Waals surface area contributed by atoms with Gasteiger partial charge < -0.3 is 15.2 Å². The minimum atomic E-state index is -0.937. The molecule has 5 rings (SSSR count). The summed E-state index contributed by atoms with van der Waals surface area (Å²) in [5.41, 5.74) is 6.03. The Bertz CT molecular complexity index is 1730. The highest BCUT2D eigenvalue weighted by Crippen LogP contribution is 2.27. The molecule has 5 aromatic rings. The van der Waals surface area contributed by atoms with E-state index in [-0.39, 0.29) is 18.2 Å². The summed E-state index contributed by atoms with van der Waals surface area (Å²) in [5, 5.41) is 10.4. The van der Waals surface area contributed by atoms with Crippen LogP contribution in [0.2, 0.25) is 5.02 Å². The van der Waals surface area contributed by atoms with E-state index in [2.05, 4.69) is 44.5 Å². The van der Waals surface area contributed by atoms with Crippen LogP contribution in [0.1, 0.15) is 41.5 Å². The molecule has 0 saturated carbocycles. The maximum absolute atomic E-state index is 13.6. The average Bonchev–Trinajstić information content (AvgIpc) is 3.62. The predicted molar refractivity (Wildman–Crippen MR) is 162 cm³/mol. The summed E-state index contributed by atoms with van der Waals surface area (Å²) in [7, 11) is 3.59. The van der Waals surface area contributed by atoms with Crippen LogP contribution >= 0.6 is 11.6 Å². The standard InChI is InChI=1S/C31H31ClN8O2/c1-19(2)25-15-26(35-17-34-25)21-7-10-24(32)22(13-21)14-27(38-31(42)28-11-12-36-40(28)4)30(41)37-23-8-5-20(6-9-23)29-16-33-18-39(29)3/h5-13,15-19,27H,14H2,1-4H3,(H,37,41)(H,38,42). The third-order valence-electron chi connectivity index (χ3n) is 6.99. The molecule has 0 bridgehead atoms. The van der Waals surface area contributed by atoms with Gasteiger partial charge in [-0.2, -0.15) is 5.10 Å². The summed E-state index contributed by atoms with van der Waals surface area (Å²) in [6.45, 7) is 4.14. The van der Waals surface area contributed by atoms with Gasteiger partial charge in [-0.3, -0.25) is 14.3 Å². The number of rotatable bonds is 9. The molecule has 10 nitrogen and oxygen atoms in total. The Balaban J connectivity index is 1.41. The Labute approximate surface area is 248 Å². The average molecular weight is 583 g/mol. The predicted octanol–water partition coefficient (Wildman–Crippen LogP) is 5.03. The molecule has 0 aliphatic carbocycles. The van der Waals surface area contributed by atoms with Crippen molar-refractivity contribution in [2.45, 2.75) is 32.2 Å². The summed E-state index contributed by atoms with van der Waals surface area (Å²) in [6.07, 6.45) is 6.73. The van der Waals surface area contributed by atoms with Gasteiger partial charge in [-0.25, -0.2) is 15.0 Å². The van der Waals surface area contributed by atoms with Gasteiger partial charge in [-0.1, -0.05) is 43.6 Å². The fraction of sp³-hybridized carbons (Fsp3) is 0.226. The number of carbonyl (C=O) groups is 2. The molecule has 2 aromatic carbocycles. The monoisotopic (exact) mass is 582 g/mol. The molecule has 0 aliphatic rings. The normalized spacial score (nSPS) is 11.9. The number of hydrogen-bond donors (Lipinski definition) is 2. The number of aryl methyl sites for hydroxylation is 2. The minimum Gasteiger partial charge on any atom is -0.339 e. The van der Waals surface area contributed by atoms with E-state index < -0.39 is 11.9 Å². The van der Waals surface area contributed by atoms with E-state index >= 15 is 0 Å². The summed E-state index contributed by atoms with van der Waals surface area (Å²) >= 11 is 6.62. The molecular weight excluding hydrogens is 552 g/mol. The van der Waals surface area contributed by atoms with Crippen molar-refractivity contribution in [2.24, 2.45) is 14.1 Å². The lowest BCUT2D eigenvalue weighted by molar-refractivity contribution is -0.118. The number of nitrogens with one attached hydrogen (secondary N) is 2. The van der Waals surface area contributed by atoms with Crippen LogP contribution in [0.4, 0.5) is 5.69 Å². The molecule has 0 radical (unpaired) electrons. The van der Waals surface area contributed by atoms with Gasteiger partial charge in [0.2, 0.25) is 5.91 Å². The number of carbonyl (C=O) groups excluding carboxylic acids is 2. The third-order valence-corrected chi connectivity index (χ3v) is 7.35. The van der Waals surface area contributed by atoms with Crippen LogP contribution in [0, 0.1) is 0 Å². The summed E-state index contributed by atoms with van der Waals surface area (Å²) < 4.78 is 3.37. The lowest BCUT2D eigenvalue weighted by atomic mass is 10.00. The van der Waals surface area contributed by atoms with Gasteiger partial charge in [-0.05, 0) is 53.4 Å². The Hall–Kier alpha value is -4.83. The molecule has 2 amide bonds. The SMILES string of the molecule is CC(C)c1cc(-c2ccc(Cl)c(CC(NC(=O)c3ccnn3C)C(=O)Nc3ccc(-c4cncn4C)cc3)c2)ncn1. The van der Waals surface area contributed by atoms with Crippen molar-refractivity contribution in [2.75, 3.05) is 5.32 Å². The van der Waals surface area contributed by atoms with E-state index in [1.807, 2.05) is 54.1 Å². The molecule has 2 N–H and O–H groups in total. The second kappa shape index (κ2) is 12.4. The van der Waals surface area contributed by atoms with E-state index in [1.165, 1.54) is 10.9 Å². The molecule has 0 fully saturated rings. The third kappa shape index (κ3) is 6.39. The van der Waals surface area contributed by atoms with Gasteiger partial charge in [0.15, 0.2) is 0 Å². The van der Waals surface area contributed by atoms with Crippen LogP contribution in [-0.2, 0) is 25.3 Å². The number of benzene rings is 2. The second-order valence-electron chi connectivity index (χ2n) is 10.3. The molecule has 214 valence electrons. The molecule has 11 heteroatoms. The highest BCUT2D eigenvalue weighted by atomic mass is 35.5. The Morgan fingerprint density at radius 2 is 1.74 bits per heavy atom. The van der Waals surface area contributed by atoms with Crippen molar-refractivity contribution in [3.63, 3.8) is 0 Å². The molecule has 3 heterocycles. The highest BCUT2D eigenvalue weighted by Gasteiger charge is 2.25. The zero-order valence-electron chi connectivity index (χ0n) is 23.7. The molecular formula is C31H31ClN8O2. The van der Waals surface area contributed by atoms with Crippen molar-refractivity contribution in [1.29, 1.82) is 0 Å². The van der Waals surface area contributed by atoms with Crippen molar-refractivity contribution >= 4 is 29.1 Å².